The average molecular weight is 540 g/mol. The van der Waals surface area contributed by atoms with Gasteiger partial charge in [0, 0.05) is 24.6 Å². The summed E-state index contributed by atoms with van der Waals surface area (Å²) in [7, 11) is -4.72. The molecule has 2 aromatic rings. The zero-order valence-corrected chi connectivity index (χ0v) is 21.1. The van der Waals surface area contributed by atoms with Crippen LogP contribution in [-0.4, -0.2) is 46.0 Å². The third-order valence-electron chi connectivity index (χ3n) is 7.53. The molecule has 7 N–H and O–H groups in total. The van der Waals surface area contributed by atoms with E-state index in [1.54, 1.807) is 0 Å². The van der Waals surface area contributed by atoms with Crippen molar-refractivity contribution in [3.8, 4) is 11.1 Å². The number of hydrogen-bond donors (Lipinski definition) is 6. The van der Waals surface area contributed by atoms with Crippen LogP contribution in [0.1, 0.15) is 48.0 Å². The first-order valence-corrected chi connectivity index (χ1v) is 14.0. The van der Waals surface area contributed by atoms with Crippen molar-refractivity contribution in [2.75, 3.05) is 32.7 Å². The molecule has 202 valence electrons. The molecule has 0 bridgehead atoms. The van der Waals surface area contributed by atoms with E-state index in [0.717, 1.165) is 50.3 Å². The van der Waals surface area contributed by atoms with E-state index in [-0.39, 0.29) is 5.56 Å². The summed E-state index contributed by atoms with van der Waals surface area (Å²) < 4.78 is 66.1. The van der Waals surface area contributed by atoms with Gasteiger partial charge in [0.1, 0.15) is 11.1 Å². The molecule has 0 saturated carbocycles. The standard InChI is InChI=1S/C24H32F3N7O2S/c25-24(26,27)20-6-5-19(21(22(20)37(28,35)36)23-30-32-33-31-23)17-3-1-16(2-4-17)18-13-34(14-18)12-9-15-7-10-29-11-8-15/h1-6,15,18,23,29-33H,7-14H2,(H2,28,35,36). The van der Waals surface area contributed by atoms with Gasteiger partial charge in [-0.2, -0.15) is 24.2 Å². The van der Waals surface area contributed by atoms with Crippen molar-refractivity contribution in [3.63, 3.8) is 0 Å². The number of nitrogens with two attached hydrogens (primary N) is 1. The minimum absolute atomic E-state index is 0.115. The van der Waals surface area contributed by atoms with Crippen LogP contribution < -0.4 is 32.4 Å². The molecule has 3 aliphatic rings. The molecule has 5 rings (SSSR count). The fourth-order valence-electron chi connectivity index (χ4n) is 5.50. The highest BCUT2D eigenvalue weighted by molar-refractivity contribution is 7.89. The Kier molecular flexibility index (Phi) is 7.58. The summed E-state index contributed by atoms with van der Waals surface area (Å²) in [5, 5.41) is 8.71. The number of hydrazine groups is 3. The van der Waals surface area contributed by atoms with Crippen molar-refractivity contribution in [1.29, 1.82) is 0 Å². The molecular weight excluding hydrogens is 507 g/mol. The number of nitrogens with zero attached hydrogens (tertiary/aromatic N) is 1. The normalized spacial score (nSPS) is 20.9. The molecule has 2 aromatic carbocycles. The van der Waals surface area contributed by atoms with E-state index in [0.29, 0.717) is 17.0 Å². The summed E-state index contributed by atoms with van der Waals surface area (Å²) in [5.74, 6) is 1.20. The molecule has 3 saturated heterocycles. The van der Waals surface area contributed by atoms with Gasteiger partial charge < -0.3 is 10.2 Å². The third-order valence-corrected chi connectivity index (χ3v) is 8.54. The minimum Gasteiger partial charge on any atom is -0.317 e. The Balaban J connectivity index is 1.36. The van der Waals surface area contributed by atoms with Crippen LogP contribution in [0.4, 0.5) is 13.2 Å². The Bertz CT molecular complexity index is 1210. The highest BCUT2D eigenvalue weighted by atomic mass is 32.2. The molecule has 0 aliphatic carbocycles. The van der Waals surface area contributed by atoms with Crippen LogP contribution in [0.3, 0.4) is 0 Å². The van der Waals surface area contributed by atoms with Gasteiger partial charge in [0.15, 0.2) is 0 Å². The van der Waals surface area contributed by atoms with Crippen LogP contribution in [0.15, 0.2) is 41.3 Å². The van der Waals surface area contributed by atoms with E-state index in [4.69, 9.17) is 5.14 Å². The van der Waals surface area contributed by atoms with Crippen molar-refractivity contribution >= 4 is 10.0 Å². The number of piperidine rings is 1. The van der Waals surface area contributed by atoms with Crippen LogP contribution in [-0.2, 0) is 16.2 Å². The molecule has 0 aromatic heterocycles. The maximum absolute atomic E-state index is 13.8. The predicted octanol–water partition coefficient (Wildman–Crippen LogP) is 1.92. The molecule has 0 unspecified atom stereocenters. The molecule has 3 heterocycles. The molecule has 3 fully saturated rings. The quantitative estimate of drug-likeness (QED) is 0.316. The van der Waals surface area contributed by atoms with Crippen molar-refractivity contribution in [3.05, 3.63) is 53.1 Å². The number of sulfonamides is 1. The Morgan fingerprint density at radius 1 is 0.973 bits per heavy atom. The maximum atomic E-state index is 13.8. The second-order valence-electron chi connectivity index (χ2n) is 9.98. The maximum Gasteiger partial charge on any atom is 0.417 e. The van der Waals surface area contributed by atoms with Gasteiger partial charge >= 0.3 is 6.18 Å². The zero-order valence-electron chi connectivity index (χ0n) is 20.2. The first-order valence-electron chi connectivity index (χ1n) is 12.4. The molecule has 0 amide bonds. The van der Waals surface area contributed by atoms with Gasteiger partial charge in [-0.1, -0.05) is 30.3 Å². The molecule has 0 atom stereocenters. The number of benzene rings is 2. The first-order chi connectivity index (χ1) is 17.6. The highest BCUT2D eigenvalue weighted by Gasteiger charge is 2.40. The molecule has 3 aliphatic heterocycles. The fourth-order valence-corrected chi connectivity index (χ4v) is 6.52. The van der Waals surface area contributed by atoms with E-state index >= 15 is 0 Å². The predicted molar refractivity (Wildman–Crippen MR) is 133 cm³/mol. The topological polar surface area (TPSA) is 124 Å². The number of nitrogens with one attached hydrogen (secondary N) is 5. The van der Waals surface area contributed by atoms with E-state index in [9.17, 15) is 21.6 Å². The third kappa shape index (κ3) is 5.83. The summed E-state index contributed by atoms with van der Waals surface area (Å²) in [6.07, 6.45) is -2.16. The molecule has 37 heavy (non-hydrogen) atoms. The monoisotopic (exact) mass is 539 g/mol. The van der Waals surface area contributed by atoms with Gasteiger partial charge in [0.05, 0.1) is 5.56 Å². The van der Waals surface area contributed by atoms with Crippen LogP contribution in [0.25, 0.3) is 11.1 Å². The Morgan fingerprint density at radius 2 is 1.62 bits per heavy atom. The lowest BCUT2D eigenvalue weighted by atomic mass is 9.88. The number of rotatable bonds is 7. The summed E-state index contributed by atoms with van der Waals surface area (Å²) in [4.78, 5) is 1.50. The minimum atomic E-state index is -4.90. The average Bonchev–Trinajstić information content (AvgIpc) is 3.37. The van der Waals surface area contributed by atoms with Crippen LogP contribution in [0.5, 0.6) is 0 Å². The highest BCUT2D eigenvalue weighted by Crippen LogP contribution is 2.41. The van der Waals surface area contributed by atoms with Gasteiger partial charge in [-0.25, -0.2) is 24.4 Å². The summed E-state index contributed by atoms with van der Waals surface area (Å²) >= 11 is 0. The van der Waals surface area contributed by atoms with Crippen molar-refractivity contribution in [1.82, 2.24) is 32.1 Å². The lowest BCUT2D eigenvalue weighted by Crippen LogP contribution is -2.45. The van der Waals surface area contributed by atoms with Crippen LogP contribution >= 0.6 is 0 Å². The van der Waals surface area contributed by atoms with Gasteiger partial charge in [-0.05, 0) is 67.6 Å². The summed E-state index contributed by atoms with van der Waals surface area (Å²) in [6.45, 7) is 5.29. The molecule has 0 spiro atoms. The lowest BCUT2D eigenvalue weighted by Gasteiger charge is -2.40. The van der Waals surface area contributed by atoms with Gasteiger partial charge in [0.2, 0.25) is 10.0 Å². The zero-order chi connectivity index (χ0) is 26.2. The van der Waals surface area contributed by atoms with Crippen molar-refractivity contribution in [2.24, 2.45) is 11.1 Å². The SMILES string of the molecule is NS(=O)(=O)c1c(C(F)(F)F)ccc(-c2ccc(C3CN(CCC4CCNCC4)C3)cc2)c1C1NNNN1. The second kappa shape index (κ2) is 10.6. The first kappa shape index (κ1) is 26.5. The molecule has 13 heteroatoms. The Morgan fingerprint density at radius 3 is 2.22 bits per heavy atom. The smallest absolute Gasteiger partial charge is 0.317 e. The van der Waals surface area contributed by atoms with E-state index in [2.05, 4.69) is 32.1 Å². The number of primary sulfonamides is 1. The van der Waals surface area contributed by atoms with E-state index in [1.807, 2.05) is 24.3 Å². The molecule has 9 nitrogen and oxygen atoms in total. The Hall–Kier alpha value is -2.10. The van der Waals surface area contributed by atoms with E-state index in [1.165, 1.54) is 25.3 Å². The largest absolute Gasteiger partial charge is 0.417 e. The van der Waals surface area contributed by atoms with E-state index < -0.39 is 32.8 Å². The fraction of sp³-hybridized carbons (Fsp3) is 0.500. The van der Waals surface area contributed by atoms with Crippen molar-refractivity contribution < 1.29 is 21.6 Å². The second-order valence-corrected chi connectivity index (χ2v) is 11.5. The van der Waals surface area contributed by atoms with Gasteiger partial charge in [-0.3, -0.25) is 0 Å². The number of halogens is 3. The van der Waals surface area contributed by atoms with Gasteiger partial charge in [0.25, 0.3) is 0 Å². The molecular formula is C24H32F3N7O2S. The Labute approximate surface area is 214 Å². The number of hydrogen-bond acceptors (Lipinski definition) is 8. The van der Waals surface area contributed by atoms with Crippen LogP contribution in [0, 0.1) is 5.92 Å². The number of alkyl halides is 3. The summed E-state index contributed by atoms with van der Waals surface area (Å²) in [6, 6.07) is 9.63. The number of likely N-dealkylation sites (tertiary alicyclic amines) is 1. The lowest BCUT2D eigenvalue weighted by molar-refractivity contribution is -0.140. The summed E-state index contributed by atoms with van der Waals surface area (Å²) in [5.41, 5.74) is 11.1. The van der Waals surface area contributed by atoms with Crippen LogP contribution in [0.2, 0.25) is 0 Å². The van der Waals surface area contributed by atoms with Gasteiger partial charge in [-0.15, -0.1) is 0 Å². The van der Waals surface area contributed by atoms with Crippen molar-refractivity contribution in [2.45, 2.75) is 42.4 Å². The molecule has 0 radical (unpaired) electrons.